The Morgan fingerprint density at radius 2 is 1.75 bits per heavy atom. The lowest BCUT2D eigenvalue weighted by molar-refractivity contribution is -0.139. The van der Waals surface area contributed by atoms with Crippen LogP contribution in [0, 0.1) is 0 Å². The maximum Gasteiger partial charge on any atom is 0.389 e. The molecule has 0 amide bonds. The van der Waals surface area contributed by atoms with E-state index in [1.165, 1.54) is 0 Å². The molecular weight excluding hydrogens is 183 g/mol. The Labute approximate surface area is 65.6 Å². The average molecular weight is 190 g/mol. The highest BCUT2D eigenvalue weighted by Gasteiger charge is 2.27. The Morgan fingerprint density at radius 3 is 2.08 bits per heavy atom. The van der Waals surface area contributed by atoms with Crippen LogP contribution in [0.4, 0.5) is 22.0 Å². The Kier molecular flexibility index (Phi) is 4.12. The molecule has 0 atom stereocenters. The van der Waals surface area contributed by atoms with Crippen LogP contribution >= 0.6 is 0 Å². The van der Waals surface area contributed by atoms with Crippen molar-refractivity contribution in [1.82, 2.24) is 0 Å². The monoisotopic (exact) mass is 190 g/mol. The topological polar surface area (TPSA) is 17.1 Å². The minimum absolute atomic E-state index is 0.563. The molecule has 0 radical (unpaired) electrons. The molecule has 0 aliphatic carbocycles. The van der Waals surface area contributed by atoms with Crippen molar-refractivity contribution in [3.8, 4) is 0 Å². The molecule has 0 aromatic rings. The van der Waals surface area contributed by atoms with E-state index < -0.39 is 37.6 Å². The number of carbonyl (C=O) groups excluding carboxylic acids is 1. The third kappa shape index (κ3) is 6.06. The van der Waals surface area contributed by atoms with Gasteiger partial charge < -0.3 is 0 Å². The second-order valence-corrected chi connectivity index (χ2v) is 2.24. The number of hydrogen-bond acceptors (Lipinski definition) is 1. The van der Waals surface area contributed by atoms with Gasteiger partial charge in [0.1, 0.15) is 0 Å². The molecule has 0 heterocycles. The zero-order valence-corrected chi connectivity index (χ0v) is 6.00. The Balaban J connectivity index is 3.51. The molecule has 6 heteroatoms. The van der Waals surface area contributed by atoms with Crippen molar-refractivity contribution in [2.75, 3.05) is 0 Å². The summed E-state index contributed by atoms with van der Waals surface area (Å²) in [6.45, 7) is 0. The number of halogens is 5. The fourth-order valence-corrected chi connectivity index (χ4v) is 0.572. The second kappa shape index (κ2) is 4.37. The molecule has 0 aromatic carbocycles. The molecule has 1 nitrogen and oxygen atoms in total. The molecule has 0 fully saturated rings. The third-order valence-corrected chi connectivity index (χ3v) is 1.13. The number of hydrogen-bond donors (Lipinski definition) is 0. The maximum absolute atomic E-state index is 11.4. The molecule has 0 N–H and O–H groups in total. The zero-order valence-electron chi connectivity index (χ0n) is 6.00. The summed E-state index contributed by atoms with van der Waals surface area (Å²) in [4.78, 5) is 10.1. The minimum Gasteiger partial charge on any atom is -0.293 e. The largest absolute Gasteiger partial charge is 0.389 e. The molecule has 0 rings (SSSR count). The first-order valence-corrected chi connectivity index (χ1v) is 3.20. The molecule has 72 valence electrons. The summed E-state index contributed by atoms with van der Waals surface area (Å²) in [5, 5.41) is 0. The van der Waals surface area contributed by atoms with Gasteiger partial charge in [-0.1, -0.05) is 0 Å². The van der Waals surface area contributed by atoms with E-state index in [4.69, 9.17) is 0 Å². The lowest BCUT2D eigenvalue weighted by Crippen LogP contribution is -2.12. The Morgan fingerprint density at radius 1 is 1.25 bits per heavy atom. The van der Waals surface area contributed by atoms with Crippen molar-refractivity contribution in [3.05, 3.63) is 0 Å². The van der Waals surface area contributed by atoms with E-state index in [0.717, 1.165) is 0 Å². The summed E-state index contributed by atoms with van der Waals surface area (Å²) >= 11 is 0. The van der Waals surface area contributed by atoms with Gasteiger partial charge in [-0.05, 0) is 6.42 Å². The van der Waals surface area contributed by atoms with Crippen molar-refractivity contribution < 1.29 is 26.7 Å². The van der Waals surface area contributed by atoms with E-state index in [2.05, 4.69) is 0 Å². The molecule has 0 unspecified atom stereocenters. The maximum atomic E-state index is 11.4. The number of Topliss-reactive ketones (excluding diaryl/α,β-unsaturated/α-hetero) is 1. The highest BCUT2D eigenvalue weighted by atomic mass is 19.4. The first kappa shape index (κ1) is 11.3. The summed E-state index contributed by atoms with van der Waals surface area (Å²) in [7, 11) is 0. The molecule has 0 saturated heterocycles. The number of ketones is 1. The van der Waals surface area contributed by atoms with E-state index in [9.17, 15) is 26.7 Å². The van der Waals surface area contributed by atoms with E-state index >= 15 is 0 Å². The normalized spacial score (nSPS) is 12.2. The van der Waals surface area contributed by atoms with Gasteiger partial charge in [-0.3, -0.25) is 4.79 Å². The van der Waals surface area contributed by atoms with Gasteiger partial charge in [0.2, 0.25) is 0 Å². The summed E-state index contributed by atoms with van der Waals surface area (Å²) in [5.74, 6) is -1.43. The molecule has 0 aromatic heterocycles. The number of carbonyl (C=O) groups is 1. The fraction of sp³-hybridized carbons (Fsp3) is 0.833. The van der Waals surface area contributed by atoms with E-state index in [1.807, 2.05) is 0 Å². The summed E-state index contributed by atoms with van der Waals surface area (Å²) < 4.78 is 57.1. The number of rotatable bonds is 4. The predicted octanol–water partition coefficient (Wildman–Crippen LogP) is 2.55. The van der Waals surface area contributed by atoms with Crippen LogP contribution in [-0.2, 0) is 4.79 Å². The summed E-state index contributed by atoms with van der Waals surface area (Å²) in [6, 6.07) is 0. The van der Waals surface area contributed by atoms with Gasteiger partial charge in [-0.25, -0.2) is 8.78 Å². The van der Waals surface area contributed by atoms with Crippen LogP contribution in [0.3, 0.4) is 0 Å². The third-order valence-electron chi connectivity index (χ3n) is 1.13. The molecule has 0 saturated carbocycles. The quantitative estimate of drug-likeness (QED) is 0.622. The van der Waals surface area contributed by atoms with Gasteiger partial charge >= 0.3 is 6.18 Å². The van der Waals surface area contributed by atoms with Gasteiger partial charge in [0.15, 0.2) is 5.78 Å². The van der Waals surface area contributed by atoms with Crippen molar-refractivity contribution >= 4 is 5.78 Å². The van der Waals surface area contributed by atoms with Crippen LogP contribution in [-0.4, -0.2) is 18.4 Å². The molecule has 0 bridgehead atoms. The first-order chi connectivity index (χ1) is 5.33. The van der Waals surface area contributed by atoms with Gasteiger partial charge in [-0.2, -0.15) is 13.2 Å². The molecular formula is C6H7F5O. The lowest BCUT2D eigenvalue weighted by Gasteiger charge is -2.04. The highest BCUT2D eigenvalue weighted by molar-refractivity contribution is 5.81. The minimum atomic E-state index is -4.37. The molecule has 12 heavy (non-hydrogen) atoms. The van der Waals surface area contributed by atoms with Gasteiger partial charge in [0.25, 0.3) is 6.43 Å². The Bertz CT molecular complexity index is 151. The van der Waals surface area contributed by atoms with Crippen LogP contribution in [0.25, 0.3) is 0 Å². The van der Waals surface area contributed by atoms with Crippen LogP contribution in [0.2, 0.25) is 0 Å². The van der Waals surface area contributed by atoms with Crippen LogP contribution in [0.1, 0.15) is 19.3 Å². The van der Waals surface area contributed by atoms with Crippen LogP contribution in [0.5, 0.6) is 0 Å². The van der Waals surface area contributed by atoms with Gasteiger partial charge in [0, 0.05) is 12.8 Å². The standard InChI is InChI=1S/C6H7F5O/c7-5(8)4(12)2-1-3-6(9,10)11/h5H,1-3H2. The smallest absolute Gasteiger partial charge is 0.293 e. The van der Waals surface area contributed by atoms with Crippen molar-refractivity contribution in [1.29, 1.82) is 0 Å². The number of alkyl halides is 5. The summed E-state index contributed by atoms with van der Waals surface area (Å²) in [6.07, 6.45) is -9.99. The van der Waals surface area contributed by atoms with Crippen LogP contribution < -0.4 is 0 Å². The molecule has 0 aliphatic heterocycles. The Hall–Kier alpha value is -0.680. The van der Waals surface area contributed by atoms with Gasteiger partial charge in [0.05, 0.1) is 0 Å². The van der Waals surface area contributed by atoms with E-state index in [0.29, 0.717) is 0 Å². The second-order valence-electron chi connectivity index (χ2n) is 2.24. The van der Waals surface area contributed by atoms with Gasteiger partial charge in [-0.15, -0.1) is 0 Å². The zero-order chi connectivity index (χ0) is 9.78. The SMILES string of the molecule is O=C(CCCC(F)(F)F)C(F)F. The molecule has 0 aliphatic rings. The molecule has 0 spiro atoms. The lowest BCUT2D eigenvalue weighted by atomic mass is 10.2. The average Bonchev–Trinajstić information content (AvgIpc) is 1.84. The van der Waals surface area contributed by atoms with Crippen molar-refractivity contribution in [2.24, 2.45) is 0 Å². The fourth-order valence-electron chi connectivity index (χ4n) is 0.572. The first-order valence-electron chi connectivity index (χ1n) is 3.20. The summed E-state index contributed by atoms with van der Waals surface area (Å²) in [5.41, 5.74) is 0. The van der Waals surface area contributed by atoms with E-state index in [-0.39, 0.29) is 0 Å². The van der Waals surface area contributed by atoms with E-state index in [1.54, 1.807) is 0 Å². The highest BCUT2D eigenvalue weighted by Crippen LogP contribution is 2.22. The van der Waals surface area contributed by atoms with Crippen LogP contribution in [0.15, 0.2) is 0 Å². The van der Waals surface area contributed by atoms with Crippen molar-refractivity contribution in [3.63, 3.8) is 0 Å². The van der Waals surface area contributed by atoms with Crippen molar-refractivity contribution in [2.45, 2.75) is 31.9 Å². The predicted molar refractivity (Wildman–Crippen MR) is 30.9 cm³/mol.